The number of nitrogens with zero attached hydrogens (tertiary/aromatic N) is 1. The van der Waals surface area contributed by atoms with E-state index in [1.165, 1.54) is 0 Å². The fraction of sp³-hybridized carbons (Fsp3) is 0.300. The van der Waals surface area contributed by atoms with Gasteiger partial charge in [0.1, 0.15) is 13.2 Å². The fourth-order valence-corrected chi connectivity index (χ4v) is 3.72. The number of hydrogen-bond acceptors (Lipinski definition) is 4. The monoisotopic (exact) mass is 430 g/mol. The van der Waals surface area contributed by atoms with Crippen molar-refractivity contribution in [3.63, 3.8) is 0 Å². The first-order valence-corrected chi connectivity index (χ1v) is 9.61. The summed E-state index contributed by atoms with van der Waals surface area (Å²) in [5.41, 5.74) is 1.67. The molecule has 2 aliphatic rings. The second-order valence-electron chi connectivity index (χ2n) is 6.63. The molecule has 2 heterocycles. The number of halogens is 1. The lowest BCUT2D eigenvalue weighted by atomic mass is 10.1. The number of hydrogen-bond donors (Lipinski definition) is 1. The van der Waals surface area contributed by atoms with Crippen molar-refractivity contribution in [3.05, 3.63) is 52.5 Å². The van der Waals surface area contributed by atoms with Gasteiger partial charge >= 0.3 is 0 Å². The van der Waals surface area contributed by atoms with E-state index in [2.05, 4.69) is 21.2 Å². The van der Waals surface area contributed by atoms with Gasteiger partial charge in [0.05, 0.1) is 11.6 Å². The molecule has 0 bridgehead atoms. The van der Waals surface area contributed by atoms with E-state index < -0.39 is 0 Å². The molecule has 1 unspecified atom stereocenters. The number of fused-ring (bicyclic) bond motifs is 1. The normalized spacial score (nSPS) is 18.5. The van der Waals surface area contributed by atoms with Crippen molar-refractivity contribution < 1.29 is 19.1 Å². The highest BCUT2D eigenvalue weighted by Crippen LogP contribution is 2.38. The van der Waals surface area contributed by atoms with Crippen LogP contribution >= 0.6 is 15.9 Å². The molecule has 2 aromatic rings. The quantitative estimate of drug-likeness (QED) is 0.808. The van der Waals surface area contributed by atoms with Gasteiger partial charge in [0.2, 0.25) is 11.8 Å². The summed E-state index contributed by atoms with van der Waals surface area (Å²) in [6, 6.07) is 13.3. The topological polar surface area (TPSA) is 67.9 Å². The van der Waals surface area contributed by atoms with Crippen molar-refractivity contribution >= 4 is 33.4 Å². The summed E-state index contributed by atoms with van der Waals surface area (Å²) < 4.78 is 11.8. The van der Waals surface area contributed by atoms with Gasteiger partial charge in [-0.3, -0.25) is 9.59 Å². The number of carbonyl (C=O) groups excluding carboxylic acids is 2. The maximum atomic E-state index is 12.7. The Balaban J connectivity index is 1.42. The standard InChI is InChI=1S/C20H19BrN2O4/c21-15-9-17-18(27-7-6-26-17)10-16(15)22-20(25)14-8-19(24)23(12-14)11-13-4-2-1-3-5-13/h1-5,9-10,14H,6-8,11-12H2,(H,22,25). The third-order valence-electron chi connectivity index (χ3n) is 4.69. The van der Waals surface area contributed by atoms with E-state index >= 15 is 0 Å². The highest BCUT2D eigenvalue weighted by Gasteiger charge is 2.34. The molecular formula is C20H19BrN2O4. The zero-order valence-electron chi connectivity index (χ0n) is 14.6. The molecule has 2 aromatic carbocycles. The highest BCUT2D eigenvalue weighted by molar-refractivity contribution is 9.10. The van der Waals surface area contributed by atoms with Crippen molar-refractivity contribution in [2.75, 3.05) is 25.1 Å². The molecule has 0 radical (unpaired) electrons. The molecule has 7 heteroatoms. The van der Waals surface area contributed by atoms with Crippen LogP contribution in [-0.4, -0.2) is 36.5 Å². The summed E-state index contributed by atoms with van der Waals surface area (Å²) in [7, 11) is 0. The molecule has 1 fully saturated rings. The molecular weight excluding hydrogens is 412 g/mol. The maximum absolute atomic E-state index is 12.7. The summed E-state index contributed by atoms with van der Waals surface area (Å²) >= 11 is 3.45. The van der Waals surface area contributed by atoms with Gasteiger partial charge in [0.25, 0.3) is 0 Å². The number of amides is 2. The lowest BCUT2D eigenvalue weighted by Crippen LogP contribution is -2.28. The predicted molar refractivity (Wildman–Crippen MR) is 104 cm³/mol. The molecule has 2 amide bonds. The first-order valence-electron chi connectivity index (χ1n) is 8.82. The summed E-state index contributed by atoms with van der Waals surface area (Å²) in [5.74, 6) is 0.710. The van der Waals surface area contributed by atoms with Crippen LogP contribution in [0.5, 0.6) is 11.5 Å². The van der Waals surface area contributed by atoms with Gasteiger partial charge in [0.15, 0.2) is 11.5 Å². The first-order chi connectivity index (χ1) is 13.1. The second kappa shape index (κ2) is 7.60. The third-order valence-corrected chi connectivity index (χ3v) is 5.35. The fourth-order valence-electron chi connectivity index (χ4n) is 3.30. The Morgan fingerprint density at radius 2 is 1.85 bits per heavy atom. The Hall–Kier alpha value is -2.54. The van der Waals surface area contributed by atoms with E-state index in [4.69, 9.17) is 9.47 Å². The average Bonchev–Trinajstić information content (AvgIpc) is 3.04. The number of rotatable bonds is 4. The Morgan fingerprint density at radius 3 is 2.59 bits per heavy atom. The first kappa shape index (κ1) is 17.9. The van der Waals surface area contributed by atoms with Gasteiger partial charge < -0.3 is 19.7 Å². The maximum Gasteiger partial charge on any atom is 0.229 e. The highest BCUT2D eigenvalue weighted by atomic mass is 79.9. The Labute approximate surface area is 165 Å². The van der Waals surface area contributed by atoms with Crippen molar-refractivity contribution in [3.8, 4) is 11.5 Å². The second-order valence-corrected chi connectivity index (χ2v) is 7.48. The number of benzene rings is 2. The Bertz CT molecular complexity index is 872. The molecule has 1 saturated heterocycles. The minimum atomic E-state index is -0.374. The smallest absolute Gasteiger partial charge is 0.229 e. The minimum Gasteiger partial charge on any atom is -0.486 e. The van der Waals surface area contributed by atoms with Crippen LogP contribution in [0.25, 0.3) is 0 Å². The third kappa shape index (κ3) is 3.93. The largest absolute Gasteiger partial charge is 0.486 e. The van der Waals surface area contributed by atoms with Gasteiger partial charge in [-0.05, 0) is 21.5 Å². The van der Waals surface area contributed by atoms with Crippen molar-refractivity contribution in [1.29, 1.82) is 0 Å². The summed E-state index contributed by atoms with van der Waals surface area (Å²) in [6.07, 6.45) is 0.223. The van der Waals surface area contributed by atoms with Crippen LogP contribution in [-0.2, 0) is 16.1 Å². The van der Waals surface area contributed by atoms with Crippen LogP contribution in [0.1, 0.15) is 12.0 Å². The van der Waals surface area contributed by atoms with E-state index in [9.17, 15) is 9.59 Å². The van der Waals surface area contributed by atoms with Crippen molar-refractivity contribution in [2.45, 2.75) is 13.0 Å². The van der Waals surface area contributed by atoms with E-state index in [0.717, 1.165) is 5.56 Å². The molecule has 27 heavy (non-hydrogen) atoms. The van der Waals surface area contributed by atoms with Crippen LogP contribution in [0.15, 0.2) is 46.9 Å². The zero-order valence-corrected chi connectivity index (χ0v) is 16.2. The van der Waals surface area contributed by atoms with Gasteiger partial charge in [-0.1, -0.05) is 30.3 Å². The molecule has 0 saturated carbocycles. The predicted octanol–water partition coefficient (Wildman–Crippen LogP) is 3.21. The van der Waals surface area contributed by atoms with Gasteiger partial charge in [0, 0.05) is 36.1 Å². The molecule has 2 aliphatic heterocycles. The summed E-state index contributed by atoms with van der Waals surface area (Å²) in [6.45, 7) is 1.93. The molecule has 6 nitrogen and oxygen atoms in total. The molecule has 140 valence electrons. The lowest BCUT2D eigenvalue weighted by Gasteiger charge is -2.20. The molecule has 1 atom stereocenters. The van der Waals surface area contributed by atoms with Crippen LogP contribution in [0.2, 0.25) is 0 Å². The van der Waals surface area contributed by atoms with Crippen LogP contribution in [0, 0.1) is 5.92 Å². The number of carbonyl (C=O) groups is 2. The SMILES string of the molecule is O=C(Nc1cc2c(cc1Br)OCCO2)C1CC(=O)N(Cc2ccccc2)C1. The molecule has 0 aliphatic carbocycles. The average molecular weight is 431 g/mol. The van der Waals surface area contributed by atoms with Crippen molar-refractivity contribution in [1.82, 2.24) is 4.90 Å². The number of nitrogens with one attached hydrogen (secondary N) is 1. The molecule has 4 rings (SSSR count). The molecule has 0 spiro atoms. The van der Waals surface area contributed by atoms with Crippen LogP contribution in [0.4, 0.5) is 5.69 Å². The summed E-state index contributed by atoms with van der Waals surface area (Å²) in [5, 5.41) is 2.91. The van der Waals surface area contributed by atoms with Gasteiger partial charge in [-0.2, -0.15) is 0 Å². The number of ether oxygens (including phenoxy) is 2. The van der Waals surface area contributed by atoms with Crippen LogP contribution < -0.4 is 14.8 Å². The minimum absolute atomic E-state index is 0.000225. The number of anilines is 1. The van der Waals surface area contributed by atoms with E-state index in [1.54, 1.807) is 17.0 Å². The Morgan fingerprint density at radius 1 is 1.15 bits per heavy atom. The summed E-state index contributed by atoms with van der Waals surface area (Å²) in [4.78, 5) is 26.7. The van der Waals surface area contributed by atoms with E-state index in [0.29, 0.717) is 48.0 Å². The lowest BCUT2D eigenvalue weighted by molar-refractivity contribution is -0.128. The van der Waals surface area contributed by atoms with Gasteiger partial charge in [-0.15, -0.1) is 0 Å². The van der Waals surface area contributed by atoms with E-state index in [-0.39, 0.29) is 24.2 Å². The van der Waals surface area contributed by atoms with E-state index in [1.807, 2.05) is 30.3 Å². The molecule has 0 aromatic heterocycles. The molecule has 1 N–H and O–H groups in total. The Kier molecular flexibility index (Phi) is 5.03. The van der Waals surface area contributed by atoms with Gasteiger partial charge in [-0.25, -0.2) is 0 Å². The zero-order chi connectivity index (χ0) is 18.8. The van der Waals surface area contributed by atoms with Crippen molar-refractivity contribution in [2.24, 2.45) is 5.92 Å². The number of likely N-dealkylation sites (tertiary alicyclic amines) is 1. The van der Waals surface area contributed by atoms with Crippen LogP contribution in [0.3, 0.4) is 0 Å².